The van der Waals surface area contributed by atoms with Gasteiger partial charge in [-0.25, -0.2) is 9.97 Å². The normalized spacial score (nSPS) is 11.4. The third kappa shape index (κ3) is 3.71. The lowest BCUT2D eigenvalue weighted by molar-refractivity contribution is 0.468. The van der Waals surface area contributed by atoms with E-state index in [0.29, 0.717) is 39.4 Å². The number of H-pyrrole nitrogens is 1. The first kappa shape index (κ1) is 20.3. The maximum absolute atomic E-state index is 6.11. The van der Waals surface area contributed by atoms with E-state index < -0.39 is 0 Å². The average molecular weight is 472 g/mol. The number of nitrogens with one attached hydrogen (secondary N) is 2. The van der Waals surface area contributed by atoms with Crippen LogP contribution in [-0.4, -0.2) is 29.7 Å². The van der Waals surface area contributed by atoms with Crippen LogP contribution in [0.15, 0.2) is 65.3 Å². The zero-order valence-electron chi connectivity index (χ0n) is 18.2. The van der Waals surface area contributed by atoms with E-state index in [-0.39, 0.29) is 0 Å². The van der Waals surface area contributed by atoms with Gasteiger partial charge in [0.05, 0.1) is 22.5 Å². The first-order chi connectivity index (χ1) is 16.5. The second kappa shape index (κ2) is 7.89. The van der Waals surface area contributed by atoms with Crippen molar-refractivity contribution in [3.8, 4) is 23.0 Å². The average Bonchev–Trinajstić information content (AvgIpc) is 3.51. The highest BCUT2D eigenvalue weighted by Crippen LogP contribution is 2.32. The summed E-state index contributed by atoms with van der Waals surface area (Å²) in [7, 11) is 1.90. The Balaban J connectivity index is 1.30. The number of halogens is 1. The molecule has 0 atom stereocenters. The molecule has 0 bridgehead atoms. The molecular weight excluding hydrogens is 454 g/mol. The summed E-state index contributed by atoms with van der Waals surface area (Å²) >= 11 is 5.94. The Morgan fingerprint density at radius 1 is 1.06 bits per heavy atom. The first-order valence-electron chi connectivity index (χ1n) is 10.5. The smallest absolute Gasteiger partial charge is 0.300 e. The topological polar surface area (TPSA) is 107 Å². The standard InChI is InChI=1S/C24H18ClN7O2/c1-13-9-20(32(2)31-13)18-11-17-22(29-18)26-12-27-23(17)33-16-7-8-21-19(10-16)30-24(34-21)28-15-5-3-14(25)4-6-15/h3-12H,1-2H3,(H,28,30)(H,26,27,29). The van der Waals surface area contributed by atoms with E-state index in [4.69, 9.17) is 20.8 Å². The van der Waals surface area contributed by atoms with Crippen LogP contribution in [0.1, 0.15) is 5.69 Å². The number of nitrogens with zero attached hydrogens (tertiary/aromatic N) is 5. The molecule has 2 aromatic carbocycles. The number of hydrogen-bond acceptors (Lipinski definition) is 7. The van der Waals surface area contributed by atoms with Crippen molar-refractivity contribution in [3.63, 3.8) is 0 Å². The molecule has 2 N–H and O–H groups in total. The number of aryl methyl sites for hydroxylation is 2. The minimum Gasteiger partial charge on any atom is -0.438 e. The Hall–Kier alpha value is -4.37. The molecule has 4 aromatic heterocycles. The molecule has 0 saturated heterocycles. The molecule has 0 aliphatic rings. The van der Waals surface area contributed by atoms with Gasteiger partial charge in [0.2, 0.25) is 5.88 Å². The number of aromatic amines is 1. The van der Waals surface area contributed by atoms with Gasteiger partial charge in [-0.05, 0) is 55.5 Å². The predicted molar refractivity (Wildman–Crippen MR) is 130 cm³/mol. The molecule has 34 heavy (non-hydrogen) atoms. The van der Waals surface area contributed by atoms with Crippen molar-refractivity contribution in [3.05, 3.63) is 71.6 Å². The van der Waals surface area contributed by atoms with E-state index >= 15 is 0 Å². The van der Waals surface area contributed by atoms with Crippen molar-refractivity contribution in [2.75, 3.05) is 5.32 Å². The molecule has 0 amide bonds. The summed E-state index contributed by atoms with van der Waals surface area (Å²) in [4.78, 5) is 16.5. The molecule has 6 rings (SSSR count). The molecule has 6 aromatic rings. The van der Waals surface area contributed by atoms with Crippen LogP contribution in [0.25, 0.3) is 33.5 Å². The van der Waals surface area contributed by atoms with Crippen LogP contribution in [0.5, 0.6) is 11.6 Å². The number of ether oxygens (including phenoxy) is 1. The molecule has 0 fully saturated rings. The monoisotopic (exact) mass is 471 g/mol. The fourth-order valence-corrected chi connectivity index (χ4v) is 3.92. The summed E-state index contributed by atoms with van der Waals surface area (Å²) in [6.07, 6.45) is 1.47. The van der Waals surface area contributed by atoms with Gasteiger partial charge in [-0.2, -0.15) is 10.1 Å². The summed E-state index contributed by atoms with van der Waals surface area (Å²) in [6.45, 7) is 1.96. The van der Waals surface area contributed by atoms with Gasteiger partial charge < -0.3 is 19.5 Å². The molecular formula is C24H18ClN7O2. The fourth-order valence-electron chi connectivity index (χ4n) is 3.79. The lowest BCUT2D eigenvalue weighted by Crippen LogP contribution is -1.93. The molecule has 0 unspecified atom stereocenters. The second-order valence-corrected chi connectivity index (χ2v) is 8.24. The van der Waals surface area contributed by atoms with Crippen molar-refractivity contribution in [2.24, 2.45) is 7.05 Å². The molecule has 0 aliphatic heterocycles. The highest BCUT2D eigenvalue weighted by atomic mass is 35.5. The Labute approximate surface area is 198 Å². The highest BCUT2D eigenvalue weighted by molar-refractivity contribution is 6.30. The quantitative estimate of drug-likeness (QED) is 0.317. The Morgan fingerprint density at radius 3 is 2.71 bits per heavy atom. The summed E-state index contributed by atoms with van der Waals surface area (Å²) in [5.74, 6) is 1.02. The molecule has 168 valence electrons. The zero-order chi connectivity index (χ0) is 23.2. The largest absolute Gasteiger partial charge is 0.438 e. The second-order valence-electron chi connectivity index (χ2n) is 7.80. The number of hydrogen-bond donors (Lipinski definition) is 2. The van der Waals surface area contributed by atoms with E-state index in [1.54, 1.807) is 18.2 Å². The zero-order valence-corrected chi connectivity index (χ0v) is 19.0. The molecule has 0 spiro atoms. The summed E-state index contributed by atoms with van der Waals surface area (Å²) in [5, 5.41) is 8.97. The van der Waals surface area contributed by atoms with Crippen LogP contribution < -0.4 is 10.1 Å². The number of aromatic nitrogens is 6. The van der Waals surface area contributed by atoms with Gasteiger partial charge in [0.15, 0.2) is 5.58 Å². The predicted octanol–water partition coefficient (Wildman–Crippen LogP) is 6.00. The Bertz CT molecular complexity index is 1650. The van der Waals surface area contributed by atoms with Gasteiger partial charge in [-0.1, -0.05) is 11.6 Å². The van der Waals surface area contributed by atoms with Crippen molar-refractivity contribution >= 4 is 45.4 Å². The molecule has 10 heteroatoms. The highest BCUT2D eigenvalue weighted by Gasteiger charge is 2.15. The first-order valence-corrected chi connectivity index (χ1v) is 10.9. The van der Waals surface area contributed by atoms with Crippen LogP contribution in [0.4, 0.5) is 11.7 Å². The van der Waals surface area contributed by atoms with Gasteiger partial charge in [0.1, 0.15) is 23.2 Å². The third-order valence-electron chi connectivity index (χ3n) is 5.34. The van der Waals surface area contributed by atoms with Crippen molar-refractivity contribution in [1.29, 1.82) is 0 Å². The minimum absolute atomic E-state index is 0.376. The lowest BCUT2D eigenvalue weighted by atomic mass is 10.2. The molecule has 0 saturated carbocycles. The maximum atomic E-state index is 6.11. The Morgan fingerprint density at radius 2 is 1.91 bits per heavy atom. The van der Waals surface area contributed by atoms with Gasteiger partial charge in [-0.15, -0.1) is 0 Å². The van der Waals surface area contributed by atoms with Crippen molar-refractivity contribution in [2.45, 2.75) is 6.92 Å². The SMILES string of the molecule is Cc1cc(-c2cc3c(Oc4ccc5oc(Nc6ccc(Cl)cc6)nc5c4)ncnc3[nH]2)n(C)n1. The van der Waals surface area contributed by atoms with E-state index in [2.05, 4.69) is 30.4 Å². The van der Waals surface area contributed by atoms with Crippen LogP contribution >= 0.6 is 11.6 Å². The van der Waals surface area contributed by atoms with Gasteiger partial charge in [-0.3, -0.25) is 4.68 Å². The summed E-state index contributed by atoms with van der Waals surface area (Å²) in [5.41, 5.74) is 5.55. The number of fused-ring (bicyclic) bond motifs is 2. The fraction of sp³-hybridized carbons (Fsp3) is 0.0833. The van der Waals surface area contributed by atoms with Crippen molar-refractivity contribution < 1.29 is 9.15 Å². The minimum atomic E-state index is 0.376. The number of oxazole rings is 1. The summed E-state index contributed by atoms with van der Waals surface area (Å²) in [6, 6.07) is 17.1. The number of benzene rings is 2. The lowest BCUT2D eigenvalue weighted by Gasteiger charge is -2.04. The van der Waals surface area contributed by atoms with E-state index in [1.807, 2.05) is 55.1 Å². The van der Waals surface area contributed by atoms with E-state index in [0.717, 1.165) is 28.2 Å². The van der Waals surface area contributed by atoms with Gasteiger partial charge in [0, 0.05) is 23.8 Å². The number of rotatable bonds is 5. The third-order valence-corrected chi connectivity index (χ3v) is 5.59. The van der Waals surface area contributed by atoms with Crippen LogP contribution in [0, 0.1) is 6.92 Å². The Kier molecular flexibility index (Phi) is 4.70. The van der Waals surface area contributed by atoms with E-state index in [1.165, 1.54) is 6.33 Å². The van der Waals surface area contributed by atoms with Crippen LogP contribution in [-0.2, 0) is 7.05 Å². The maximum Gasteiger partial charge on any atom is 0.300 e. The molecule has 9 nitrogen and oxygen atoms in total. The molecule has 0 radical (unpaired) electrons. The molecule has 4 heterocycles. The van der Waals surface area contributed by atoms with Gasteiger partial charge >= 0.3 is 0 Å². The summed E-state index contributed by atoms with van der Waals surface area (Å²) < 4.78 is 13.7. The van der Waals surface area contributed by atoms with Crippen LogP contribution in [0.2, 0.25) is 5.02 Å². The van der Waals surface area contributed by atoms with Gasteiger partial charge in [0.25, 0.3) is 6.01 Å². The van der Waals surface area contributed by atoms with Crippen LogP contribution in [0.3, 0.4) is 0 Å². The molecule has 0 aliphatic carbocycles. The van der Waals surface area contributed by atoms with Crippen molar-refractivity contribution in [1.82, 2.24) is 29.7 Å². The van der Waals surface area contributed by atoms with E-state index in [9.17, 15) is 0 Å². The number of anilines is 2.